The van der Waals surface area contributed by atoms with E-state index in [4.69, 9.17) is 4.74 Å². The molecule has 0 aromatic carbocycles. The van der Waals surface area contributed by atoms with Gasteiger partial charge in [-0.3, -0.25) is 9.69 Å². The van der Waals surface area contributed by atoms with Crippen molar-refractivity contribution in [1.29, 1.82) is 0 Å². The van der Waals surface area contributed by atoms with E-state index in [0.29, 0.717) is 25.1 Å². The molecule has 20 heavy (non-hydrogen) atoms. The van der Waals surface area contributed by atoms with Crippen LogP contribution in [0.4, 0.5) is 0 Å². The van der Waals surface area contributed by atoms with E-state index in [0.717, 1.165) is 38.6 Å². The quantitative estimate of drug-likeness (QED) is 0.707. The number of nitrogens with zero attached hydrogens (tertiary/aromatic N) is 1. The van der Waals surface area contributed by atoms with Crippen molar-refractivity contribution in [3.63, 3.8) is 0 Å². The van der Waals surface area contributed by atoms with Crippen LogP contribution in [0.15, 0.2) is 0 Å². The van der Waals surface area contributed by atoms with Gasteiger partial charge in [-0.1, -0.05) is 6.42 Å². The fraction of sp³-hybridized carbons (Fsp3) is 0.933. The Morgan fingerprint density at radius 1 is 1.40 bits per heavy atom. The SMILES string of the molecule is COCCNC(=O)C(C)N1CCCC1C1CCCC1O. The minimum atomic E-state index is -0.177. The molecule has 1 saturated carbocycles. The largest absolute Gasteiger partial charge is 0.393 e. The number of likely N-dealkylation sites (tertiary alicyclic amines) is 1. The molecular weight excluding hydrogens is 256 g/mol. The maximum atomic E-state index is 12.2. The summed E-state index contributed by atoms with van der Waals surface area (Å²) in [6.07, 6.45) is 5.19. The minimum absolute atomic E-state index is 0.0708. The number of aliphatic hydroxyl groups excluding tert-OH is 1. The summed E-state index contributed by atoms with van der Waals surface area (Å²) in [5.41, 5.74) is 0. The first-order valence-corrected chi connectivity index (χ1v) is 7.85. The van der Waals surface area contributed by atoms with Gasteiger partial charge in [0.05, 0.1) is 18.8 Å². The van der Waals surface area contributed by atoms with Gasteiger partial charge < -0.3 is 15.2 Å². The fourth-order valence-electron chi connectivity index (χ4n) is 3.75. The molecule has 2 rings (SSSR count). The molecule has 5 nitrogen and oxygen atoms in total. The van der Waals surface area contributed by atoms with E-state index in [-0.39, 0.29) is 18.1 Å². The zero-order valence-electron chi connectivity index (χ0n) is 12.7. The maximum absolute atomic E-state index is 12.2. The molecule has 0 aromatic rings. The first-order chi connectivity index (χ1) is 9.65. The molecule has 2 fully saturated rings. The number of aliphatic hydroxyl groups is 1. The van der Waals surface area contributed by atoms with Gasteiger partial charge in [-0.05, 0) is 39.2 Å². The van der Waals surface area contributed by atoms with Gasteiger partial charge in [0, 0.05) is 25.6 Å². The highest BCUT2D eigenvalue weighted by Crippen LogP contribution is 2.36. The van der Waals surface area contributed by atoms with E-state index in [1.54, 1.807) is 7.11 Å². The lowest BCUT2D eigenvalue weighted by atomic mass is 9.93. The molecular formula is C15H28N2O3. The number of methoxy groups -OCH3 is 1. The monoisotopic (exact) mass is 284 g/mol. The Kier molecular flexibility index (Phi) is 5.81. The van der Waals surface area contributed by atoms with Gasteiger partial charge in [0.25, 0.3) is 0 Å². The topological polar surface area (TPSA) is 61.8 Å². The highest BCUT2D eigenvalue weighted by atomic mass is 16.5. The summed E-state index contributed by atoms with van der Waals surface area (Å²) >= 11 is 0. The third-order valence-corrected chi connectivity index (χ3v) is 4.85. The van der Waals surface area contributed by atoms with E-state index in [1.807, 2.05) is 6.92 Å². The van der Waals surface area contributed by atoms with Crippen molar-refractivity contribution >= 4 is 5.91 Å². The van der Waals surface area contributed by atoms with Crippen molar-refractivity contribution < 1.29 is 14.6 Å². The van der Waals surface area contributed by atoms with Crippen LogP contribution in [-0.4, -0.2) is 60.9 Å². The predicted molar refractivity (Wildman–Crippen MR) is 77.4 cm³/mol. The van der Waals surface area contributed by atoms with Crippen molar-refractivity contribution in [1.82, 2.24) is 10.2 Å². The third kappa shape index (κ3) is 3.51. The number of amides is 1. The molecule has 0 spiro atoms. The average molecular weight is 284 g/mol. The Morgan fingerprint density at radius 2 is 2.20 bits per heavy atom. The number of hydrogen-bond donors (Lipinski definition) is 2. The Balaban J connectivity index is 1.90. The Labute approximate surface area is 121 Å². The van der Waals surface area contributed by atoms with Crippen LogP contribution in [0.3, 0.4) is 0 Å². The van der Waals surface area contributed by atoms with Gasteiger partial charge in [-0.2, -0.15) is 0 Å². The summed E-state index contributed by atoms with van der Waals surface area (Å²) in [6, 6.07) is 0.253. The molecule has 0 radical (unpaired) electrons. The summed E-state index contributed by atoms with van der Waals surface area (Å²) in [6.45, 7) is 4.04. The third-order valence-electron chi connectivity index (χ3n) is 4.85. The number of nitrogens with one attached hydrogen (secondary N) is 1. The molecule has 0 bridgehead atoms. The number of ether oxygens (including phenoxy) is 1. The van der Waals surface area contributed by atoms with Crippen molar-refractivity contribution in [3.05, 3.63) is 0 Å². The highest BCUT2D eigenvalue weighted by molar-refractivity contribution is 5.81. The lowest BCUT2D eigenvalue weighted by Crippen LogP contribution is -2.50. The zero-order chi connectivity index (χ0) is 14.5. The van der Waals surface area contributed by atoms with Crippen LogP contribution in [0, 0.1) is 5.92 Å². The highest BCUT2D eigenvalue weighted by Gasteiger charge is 2.41. The van der Waals surface area contributed by atoms with Gasteiger partial charge in [0.1, 0.15) is 0 Å². The zero-order valence-corrected chi connectivity index (χ0v) is 12.7. The Hall–Kier alpha value is -0.650. The van der Waals surface area contributed by atoms with E-state index in [9.17, 15) is 9.90 Å². The summed E-state index contributed by atoms with van der Waals surface area (Å²) in [7, 11) is 1.63. The van der Waals surface area contributed by atoms with E-state index < -0.39 is 0 Å². The molecule has 1 saturated heterocycles. The molecule has 1 amide bonds. The summed E-state index contributed by atoms with van der Waals surface area (Å²) in [4.78, 5) is 14.5. The molecule has 2 aliphatic rings. The summed E-state index contributed by atoms with van der Waals surface area (Å²) in [5.74, 6) is 0.424. The van der Waals surface area contributed by atoms with Gasteiger partial charge in [0.2, 0.25) is 5.91 Å². The van der Waals surface area contributed by atoms with Gasteiger partial charge in [-0.25, -0.2) is 0 Å². The molecule has 2 N–H and O–H groups in total. The van der Waals surface area contributed by atoms with E-state index >= 15 is 0 Å². The molecule has 116 valence electrons. The van der Waals surface area contributed by atoms with E-state index in [2.05, 4.69) is 10.2 Å². The average Bonchev–Trinajstić information content (AvgIpc) is 3.06. The van der Waals surface area contributed by atoms with Gasteiger partial charge in [0.15, 0.2) is 0 Å². The standard InChI is InChI=1S/C15H28N2O3/c1-11(15(19)16-8-10-20-2)17-9-4-6-13(17)12-5-3-7-14(12)18/h11-14,18H,3-10H2,1-2H3,(H,16,19). The van der Waals surface area contributed by atoms with Crippen LogP contribution in [0.1, 0.15) is 39.0 Å². The van der Waals surface area contributed by atoms with Gasteiger partial charge >= 0.3 is 0 Å². The number of rotatable bonds is 6. The minimum Gasteiger partial charge on any atom is -0.393 e. The molecule has 0 aromatic heterocycles. The molecule has 5 heteroatoms. The second-order valence-electron chi connectivity index (χ2n) is 6.07. The number of carbonyl (C=O) groups excluding carboxylic acids is 1. The van der Waals surface area contributed by atoms with E-state index in [1.165, 1.54) is 0 Å². The van der Waals surface area contributed by atoms with Crippen LogP contribution >= 0.6 is 0 Å². The van der Waals surface area contributed by atoms with Gasteiger partial charge in [-0.15, -0.1) is 0 Å². The smallest absolute Gasteiger partial charge is 0.237 e. The Bertz CT molecular complexity index is 324. The Morgan fingerprint density at radius 3 is 2.85 bits per heavy atom. The first kappa shape index (κ1) is 15.7. The van der Waals surface area contributed by atoms with Crippen LogP contribution in [0.25, 0.3) is 0 Å². The van der Waals surface area contributed by atoms with Crippen LogP contribution in [0.2, 0.25) is 0 Å². The van der Waals surface area contributed by atoms with Crippen molar-refractivity contribution in [2.45, 2.75) is 57.2 Å². The molecule has 1 aliphatic heterocycles. The molecule has 4 atom stereocenters. The number of hydrogen-bond acceptors (Lipinski definition) is 4. The second-order valence-corrected chi connectivity index (χ2v) is 6.07. The number of carbonyl (C=O) groups is 1. The van der Waals surface area contributed by atoms with Crippen LogP contribution < -0.4 is 5.32 Å². The van der Waals surface area contributed by atoms with Crippen molar-refractivity contribution in [2.24, 2.45) is 5.92 Å². The summed E-state index contributed by atoms with van der Waals surface area (Å²) in [5, 5.41) is 13.0. The molecule has 4 unspecified atom stereocenters. The molecule has 1 aliphatic carbocycles. The lowest BCUT2D eigenvalue weighted by Gasteiger charge is -2.34. The van der Waals surface area contributed by atoms with Crippen LogP contribution in [-0.2, 0) is 9.53 Å². The van der Waals surface area contributed by atoms with Crippen molar-refractivity contribution in [3.8, 4) is 0 Å². The predicted octanol–water partition coefficient (Wildman–Crippen LogP) is 0.763. The maximum Gasteiger partial charge on any atom is 0.237 e. The fourth-order valence-corrected chi connectivity index (χ4v) is 3.75. The van der Waals surface area contributed by atoms with Crippen LogP contribution in [0.5, 0.6) is 0 Å². The molecule has 1 heterocycles. The normalized spacial score (nSPS) is 32.5. The first-order valence-electron chi connectivity index (χ1n) is 7.85. The summed E-state index contributed by atoms with van der Waals surface area (Å²) < 4.78 is 4.95. The second kappa shape index (κ2) is 7.38. The van der Waals surface area contributed by atoms with Crippen molar-refractivity contribution in [2.75, 3.05) is 26.8 Å². The lowest BCUT2D eigenvalue weighted by molar-refractivity contribution is -0.127.